The molecule has 6 atom stereocenters. The van der Waals surface area contributed by atoms with Crippen molar-refractivity contribution < 1.29 is 41.6 Å². The predicted molar refractivity (Wildman–Crippen MR) is 142 cm³/mol. The average Bonchev–Trinajstić information content (AvgIpc) is 3.39. The summed E-state index contributed by atoms with van der Waals surface area (Å²) in [5.74, 6) is -4.01. The van der Waals surface area contributed by atoms with E-state index in [0.29, 0.717) is 12.0 Å². The highest BCUT2D eigenvalue weighted by molar-refractivity contribution is 14.1. The van der Waals surface area contributed by atoms with Crippen molar-refractivity contribution in [1.29, 1.82) is 0 Å². The van der Waals surface area contributed by atoms with E-state index >= 15 is 0 Å². The summed E-state index contributed by atoms with van der Waals surface area (Å²) in [6.45, 7) is 0. The van der Waals surface area contributed by atoms with E-state index in [2.05, 4.69) is 67.8 Å². The SMILES string of the molecule is O=C(OC1C2CC3C1OC(=O)C3C2C(=O)Oc1ccc(S(=O)(=O)[O-])cc1)c1cc(I)cc(I)c1I. The quantitative estimate of drug-likeness (QED) is 0.146. The van der Waals surface area contributed by atoms with Crippen LogP contribution in [-0.2, 0) is 29.2 Å². The van der Waals surface area contributed by atoms with Gasteiger partial charge in [0.2, 0.25) is 0 Å². The highest BCUT2D eigenvalue weighted by Gasteiger charge is 2.70. The largest absolute Gasteiger partial charge is 0.744 e. The van der Waals surface area contributed by atoms with Gasteiger partial charge in [0, 0.05) is 22.5 Å². The van der Waals surface area contributed by atoms with Gasteiger partial charge in [0.1, 0.15) is 28.1 Å². The van der Waals surface area contributed by atoms with Crippen molar-refractivity contribution in [2.45, 2.75) is 23.5 Å². The van der Waals surface area contributed by atoms with E-state index in [0.717, 1.165) is 22.8 Å². The number of rotatable bonds is 5. The lowest BCUT2D eigenvalue weighted by atomic mass is 9.78. The van der Waals surface area contributed by atoms with Crippen LogP contribution in [0.5, 0.6) is 5.75 Å². The van der Waals surface area contributed by atoms with Gasteiger partial charge in [0.15, 0.2) is 0 Å². The molecule has 0 amide bonds. The van der Waals surface area contributed by atoms with Crippen LogP contribution >= 0.6 is 67.8 Å². The van der Waals surface area contributed by atoms with Crippen molar-refractivity contribution in [2.75, 3.05) is 0 Å². The predicted octanol–water partition coefficient (Wildman–Crippen LogP) is 3.34. The molecular formula is C22H14I3O9S-. The highest BCUT2D eigenvalue weighted by Crippen LogP contribution is 2.59. The lowest BCUT2D eigenvalue weighted by molar-refractivity contribution is -0.149. The summed E-state index contributed by atoms with van der Waals surface area (Å²) < 4.78 is 52.6. The van der Waals surface area contributed by atoms with Crippen molar-refractivity contribution in [3.63, 3.8) is 0 Å². The van der Waals surface area contributed by atoms with Crippen molar-refractivity contribution in [2.24, 2.45) is 23.7 Å². The molecular weight excluding hydrogens is 821 g/mol. The topological polar surface area (TPSA) is 136 Å². The van der Waals surface area contributed by atoms with E-state index in [1.807, 2.05) is 6.07 Å². The molecule has 2 aromatic carbocycles. The Morgan fingerprint density at radius 3 is 2.40 bits per heavy atom. The first-order valence-electron chi connectivity index (χ1n) is 10.3. The number of benzene rings is 2. The van der Waals surface area contributed by atoms with Gasteiger partial charge in [0.05, 0.1) is 22.3 Å². The first-order chi connectivity index (χ1) is 16.5. The van der Waals surface area contributed by atoms with E-state index in [1.54, 1.807) is 6.07 Å². The Balaban J connectivity index is 1.37. The number of carbonyl (C=O) groups excluding carboxylic acids is 3. The summed E-state index contributed by atoms with van der Waals surface area (Å²) in [7, 11) is -4.64. The van der Waals surface area contributed by atoms with Crippen LogP contribution in [0.15, 0.2) is 41.3 Å². The summed E-state index contributed by atoms with van der Waals surface area (Å²) in [6.07, 6.45) is -0.911. The Morgan fingerprint density at radius 1 is 1.06 bits per heavy atom. The van der Waals surface area contributed by atoms with Gasteiger partial charge >= 0.3 is 17.9 Å². The Hall–Kier alpha value is -1.05. The van der Waals surface area contributed by atoms with Crippen molar-refractivity contribution in [3.05, 3.63) is 52.7 Å². The zero-order chi connectivity index (χ0) is 25.2. The second-order valence-electron chi connectivity index (χ2n) is 8.48. The first-order valence-corrected chi connectivity index (χ1v) is 14.9. The number of esters is 3. The molecule has 35 heavy (non-hydrogen) atoms. The fourth-order valence-electron chi connectivity index (χ4n) is 5.22. The van der Waals surface area contributed by atoms with Gasteiger partial charge in [-0.25, -0.2) is 13.2 Å². The van der Waals surface area contributed by atoms with Gasteiger partial charge in [-0.1, -0.05) is 0 Å². The molecule has 0 radical (unpaired) electrons. The number of halogens is 3. The van der Waals surface area contributed by atoms with Gasteiger partial charge in [-0.05, 0) is 111 Å². The molecule has 9 nitrogen and oxygen atoms in total. The fraction of sp³-hybridized carbons (Fsp3) is 0.318. The Kier molecular flexibility index (Phi) is 6.84. The third-order valence-electron chi connectivity index (χ3n) is 6.60. The maximum Gasteiger partial charge on any atom is 0.339 e. The standard InChI is InChI=1S/C22H15I3O9S/c23-8-5-13(17(25)14(24)6-8)20(26)33-18-11-7-12-16(22(28)34-19(12)18)15(11)21(27)32-9-1-3-10(4-2-9)35(29,30)31/h1-6,11-12,15-16,18-19H,7H2,(H,29,30,31)/p-1. The molecule has 2 saturated carbocycles. The molecule has 1 aliphatic heterocycles. The highest BCUT2D eigenvalue weighted by atomic mass is 127. The van der Waals surface area contributed by atoms with E-state index in [-0.39, 0.29) is 11.7 Å². The van der Waals surface area contributed by atoms with Crippen LogP contribution in [0.3, 0.4) is 0 Å². The second-order valence-corrected chi connectivity index (χ2v) is 13.3. The van der Waals surface area contributed by atoms with Crippen LogP contribution < -0.4 is 4.74 Å². The van der Waals surface area contributed by atoms with Crippen molar-refractivity contribution >= 4 is 95.8 Å². The van der Waals surface area contributed by atoms with Crippen LogP contribution in [0.25, 0.3) is 0 Å². The van der Waals surface area contributed by atoms with E-state index in [9.17, 15) is 27.4 Å². The summed E-state index contributed by atoms with van der Waals surface area (Å²) in [5.41, 5.74) is 0.401. The number of carbonyl (C=O) groups is 3. The molecule has 184 valence electrons. The molecule has 3 fully saturated rings. The molecule has 2 bridgehead atoms. The monoisotopic (exact) mass is 835 g/mol. The Bertz CT molecular complexity index is 1360. The van der Waals surface area contributed by atoms with Crippen LogP contribution in [0.1, 0.15) is 16.8 Å². The first kappa shape index (κ1) is 25.6. The molecule has 5 rings (SSSR count). The van der Waals surface area contributed by atoms with Gasteiger partial charge in [0.25, 0.3) is 0 Å². The van der Waals surface area contributed by atoms with Gasteiger partial charge in [-0.2, -0.15) is 0 Å². The fourth-order valence-corrected chi connectivity index (χ4v) is 8.06. The number of hydrogen-bond donors (Lipinski definition) is 0. The van der Waals surface area contributed by atoms with Gasteiger partial charge in [-0.15, -0.1) is 0 Å². The number of fused-ring (bicyclic) bond motifs is 1. The Labute approximate surface area is 240 Å². The van der Waals surface area contributed by atoms with Crippen molar-refractivity contribution in [1.82, 2.24) is 0 Å². The van der Waals surface area contributed by atoms with Gasteiger partial charge in [-0.3, -0.25) is 9.59 Å². The van der Waals surface area contributed by atoms with Crippen molar-refractivity contribution in [3.8, 4) is 5.75 Å². The van der Waals surface area contributed by atoms with E-state index in [1.165, 1.54) is 12.1 Å². The maximum atomic E-state index is 13.1. The lowest BCUT2D eigenvalue weighted by Crippen LogP contribution is -2.44. The normalized spacial score (nSPS) is 28.6. The van der Waals surface area contributed by atoms with E-state index < -0.39 is 62.9 Å². The van der Waals surface area contributed by atoms with Crippen LogP contribution in [0.2, 0.25) is 0 Å². The Morgan fingerprint density at radius 2 is 1.74 bits per heavy atom. The molecule has 0 spiro atoms. The van der Waals surface area contributed by atoms with Crippen LogP contribution in [0.4, 0.5) is 0 Å². The number of hydrogen-bond acceptors (Lipinski definition) is 9. The number of ether oxygens (including phenoxy) is 3. The summed E-state index contributed by atoms with van der Waals surface area (Å²) in [6, 6.07) is 8.14. The minimum absolute atomic E-state index is 0.0321. The molecule has 1 saturated heterocycles. The smallest absolute Gasteiger partial charge is 0.339 e. The molecule has 2 aliphatic carbocycles. The van der Waals surface area contributed by atoms with Crippen LogP contribution in [-0.4, -0.2) is 43.1 Å². The molecule has 3 aliphatic rings. The average molecular weight is 835 g/mol. The second kappa shape index (κ2) is 9.36. The molecule has 0 aromatic heterocycles. The summed E-state index contributed by atoms with van der Waals surface area (Å²) >= 11 is 6.34. The third kappa shape index (κ3) is 4.59. The zero-order valence-electron chi connectivity index (χ0n) is 17.4. The lowest BCUT2D eigenvalue weighted by Gasteiger charge is -2.30. The third-order valence-corrected chi connectivity index (χ3v) is 11.1. The molecule has 1 heterocycles. The van der Waals surface area contributed by atoms with E-state index in [4.69, 9.17) is 14.2 Å². The molecule has 0 N–H and O–H groups in total. The minimum atomic E-state index is -4.64. The molecule has 6 unspecified atom stereocenters. The van der Waals surface area contributed by atoms with Crippen LogP contribution in [0, 0.1) is 34.4 Å². The maximum absolute atomic E-state index is 13.1. The molecule has 2 aromatic rings. The minimum Gasteiger partial charge on any atom is -0.744 e. The molecule has 13 heteroatoms. The van der Waals surface area contributed by atoms with Gasteiger partial charge < -0.3 is 18.8 Å². The summed E-state index contributed by atoms with van der Waals surface area (Å²) in [4.78, 5) is 38.3. The zero-order valence-corrected chi connectivity index (χ0v) is 24.6. The summed E-state index contributed by atoms with van der Waals surface area (Å²) in [5, 5.41) is 0.